The predicted octanol–water partition coefficient (Wildman–Crippen LogP) is 5.12. The predicted molar refractivity (Wildman–Crippen MR) is 112 cm³/mol. The second-order valence-electron chi connectivity index (χ2n) is 8.73. The van der Waals surface area contributed by atoms with Gasteiger partial charge in [-0.2, -0.15) is 9.78 Å². The molecule has 1 aromatic carbocycles. The zero-order chi connectivity index (χ0) is 23.3. The molecule has 1 N–H and O–H groups in total. The molecule has 2 aromatic heterocycles. The van der Waals surface area contributed by atoms with Gasteiger partial charge in [0.15, 0.2) is 0 Å². The van der Waals surface area contributed by atoms with Crippen LogP contribution in [0.3, 0.4) is 0 Å². The molecule has 5 rings (SSSR count). The van der Waals surface area contributed by atoms with Crippen molar-refractivity contribution < 1.29 is 27.1 Å². The fourth-order valence-electron chi connectivity index (χ4n) is 5.30. The van der Waals surface area contributed by atoms with Crippen LogP contribution in [-0.4, -0.2) is 26.8 Å². The molecule has 174 valence electrons. The van der Waals surface area contributed by atoms with Crippen LogP contribution in [0.1, 0.15) is 26.2 Å². The van der Waals surface area contributed by atoms with Gasteiger partial charge in [-0.1, -0.05) is 6.92 Å². The van der Waals surface area contributed by atoms with Crippen molar-refractivity contribution in [1.29, 1.82) is 0 Å². The molecule has 0 spiro atoms. The number of aromatic nitrogens is 3. The van der Waals surface area contributed by atoms with Crippen LogP contribution in [0.4, 0.5) is 23.2 Å². The van der Waals surface area contributed by atoms with Crippen molar-refractivity contribution in [3.8, 4) is 5.75 Å². The van der Waals surface area contributed by atoms with E-state index in [1.165, 1.54) is 12.1 Å². The second-order valence-corrected chi connectivity index (χ2v) is 8.73. The third-order valence-electron chi connectivity index (χ3n) is 6.78. The van der Waals surface area contributed by atoms with E-state index in [1.54, 1.807) is 18.3 Å². The number of anilines is 1. The van der Waals surface area contributed by atoms with E-state index < -0.39 is 6.30 Å². The summed E-state index contributed by atoms with van der Waals surface area (Å²) in [5.41, 5.74) is 0.686. The number of hydrogen-bond donors (Lipinski definition) is 1. The Labute approximate surface area is 186 Å². The fraction of sp³-hybridized carbons (Fsp3) is 0.435. The quantitative estimate of drug-likeness (QED) is 0.517. The molecule has 33 heavy (non-hydrogen) atoms. The normalized spacial score (nSPS) is 25.0. The van der Waals surface area contributed by atoms with E-state index in [4.69, 9.17) is 4.74 Å². The number of alkyl halides is 3. The first kappa shape index (κ1) is 21.7. The van der Waals surface area contributed by atoms with Gasteiger partial charge in [-0.3, -0.25) is 9.78 Å². The van der Waals surface area contributed by atoms with Gasteiger partial charge >= 0.3 is 6.30 Å². The van der Waals surface area contributed by atoms with Crippen molar-refractivity contribution in [2.24, 2.45) is 23.7 Å². The maximum Gasteiger partial charge on any atom is 0.504 e. The Morgan fingerprint density at radius 3 is 2.70 bits per heavy atom. The lowest BCUT2D eigenvalue weighted by atomic mass is 9.93. The van der Waals surface area contributed by atoms with Crippen LogP contribution in [-0.2, 0) is 11.1 Å². The number of pyridine rings is 1. The number of nitrogens with one attached hydrogen (secondary N) is 1. The standard InChI is InChI=1S/C23H22F4N4O2/c1-2-15(22(32)30-13-10-29-31(11-13)23(25,26)27)21-16-8-14(9-17(16)21)33-20-5-6-28-19-4-3-12(24)7-18(19)20/h3-7,10-11,14-17,21H,2,8-9H2,1H3,(H,30,32)/t14-,15?,16+,17-,21-. The van der Waals surface area contributed by atoms with Crippen LogP contribution in [0.5, 0.6) is 5.75 Å². The van der Waals surface area contributed by atoms with Crippen LogP contribution in [0, 0.1) is 29.5 Å². The summed E-state index contributed by atoms with van der Waals surface area (Å²) in [4.78, 5) is 17.0. The molecule has 0 bridgehead atoms. The van der Waals surface area contributed by atoms with Crippen molar-refractivity contribution in [2.45, 2.75) is 38.6 Å². The highest BCUT2D eigenvalue weighted by molar-refractivity contribution is 5.92. The van der Waals surface area contributed by atoms with E-state index in [0.717, 1.165) is 25.2 Å². The lowest BCUT2D eigenvalue weighted by Crippen LogP contribution is -2.27. The first-order valence-electron chi connectivity index (χ1n) is 10.9. The summed E-state index contributed by atoms with van der Waals surface area (Å²) in [6.07, 6.45) is 0.900. The molecule has 2 fully saturated rings. The Bertz CT molecular complexity index is 1180. The zero-order valence-electron chi connectivity index (χ0n) is 17.7. The summed E-state index contributed by atoms with van der Waals surface area (Å²) in [7, 11) is 0. The number of amides is 1. The summed E-state index contributed by atoms with van der Waals surface area (Å²) in [6, 6.07) is 6.11. The van der Waals surface area contributed by atoms with Crippen molar-refractivity contribution in [2.75, 3.05) is 5.32 Å². The lowest BCUT2D eigenvalue weighted by Gasteiger charge is -2.21. The Kier molecular flexibility index (Phi) is 5.25. The number of carbonyl (C=O) groups is 1. The summed E-state index contributed by atoms with van der Waals surface area (Å²) in [6.45, 7) is 1.91. The average molecular weight is 462 g/mol. The summed E-state index contributed by atoms with van der Waals surface area (Å²) < 4.78 is 57.9. The largest absolute Gasteiger partial charge is 0.504 e. The van der Waals surface area contributed by atoms with Gasteiger partial charge in [-0.25, -0.2) is 4.39 Å². The molecule has 0 radical (unpaired) electrons. The topological polar surface area (TPSA) is 69.0 Å². The monoisotopic (exact) mass is 462 g/mol. The Hall–Kier alpha value is -3.17. The maximum atomic E-state index is 13.7. The SMILES string of the molecule is CCC(C(=O)Nc1cnn(C(F)(F)F)c1)[C@H]1[C@@H]2C[C@H](Oc3ccnc4ccc(F)cc34)C[C@@H]21. The molecule has 6 nitrogen and oxygen atoms in total. The smallest absolute Gasteiger partial charge is 0.490 e. The Morgan fingerprint density at radius 2 is 2.03 bits per heavy atom. The van der Waals surface area contributed by atoms with E-state index >= 15 is 0 Å². The summed E-state index contributed by atoms with van der Waals surface area (Å²) >= 11 is 0. The van der Waals surface area contributed by atoms with Crippen molar-refractivity contribution in [3.63, 3.8) is 0 Å². The fourth-order valence-corrected chi connectivity index (χ4v) is 5.30. The van der Waals surface area contributed by atoms with Gasteiger partial charge < -0.3 is 10.1 Å². The third kappa shape index (κ3) is 4.14. The molecule has 2 aliphatic rings. The van der Waals surface area contributed by atoms with Gasteiger partial charge in [0, 0.05) is 17.5 Å². The number of carbonyl (C=O) groups excluding carboxylic acids is 1. The molecule has 10 heteroatoms. The zero-order valence-corrected chi connectivity index (χ0v) is 17.7. The number of ether oxygens (including phenoxy) is 1. The van der Waals surface area contributed by atoms with Gasteiger partial charge in [0.25, 0.3) is 0 Å². The second kappa shape index (κ2) is 8.00. The third-order valence-corrected chi connectivity index (χ3v) is 6.78. The number of fused-ring (bicyclic) bond motifs is 2. The van der Waals surface area contributed by atoms with E-state index in [9.17, 15) is 22.4 Å². The number of halogens is 4. The summed E-state index contributed by atoms with van der Waals surface area (Å²) in [5.74, 6) is 0.500. The van der Waals surface area contributed by atoms with E-state index in [-0.39, 0.29) is 40.0 Å². The van der Waals surface area contributed by atoms with Crippen LogP contribution >= 0.6 is 0 Å². The number of nitrogens with zero attached hydrogens (tertiary/aromatic N) is 3. The highest BCUT2D eigenvalue weighted by Gasteiger charge is 2.60. The molecule has 1 unspecified atom stereocenters. The van der Waals surface area contributed by atoms with Crippen molar-refractivity contribution >= 4 is 22.5 Å². The minimum atomic E-state index is -4.62. The molecule has 0 saturated heterocycles. The highest BCUT2D eigenvalue weighted by atomic mass is 19.4. The summed E-state index contributed by atoms with van der Waals surface area (Å²) in [5, 5.41) is 6.45. The van der Waals surface area contributed by atoms with Gasteiger partial charge in [0.2, 0.25) is 5.91 Å². The molecule has 5 atom stereocenters. The Balaban J connectivity index is 1.21. The van der Waals surface area contributed by atoms with E-state index in [2.05, 4.69) is 15.4 Å². The Morgan fingerprint density at radius 1 is 1.27 bits per heavy atom. The molecule has 0 aliphatic heterocycles. The van der Waals surface area contributed by atoms with Crippen molar-refractivity contribution in [3.05, 3.63) is 48.7 Å². The molecule has 3 aromatic rings. The first-order valence-corrected chi connectivity index (χ1v) is 10.9. The minimum Gasteiger partial charge on any atom is -0.490 e. The van der Waals surface area contributed by atoms with Crippen LogP contribution in [0.15, 0.2) is 42.9 Å². The molecule has 2 saturated carbocycles. The first-order chi connectivity index (χ1) is 15.7. The molecular weight excluding hydrogens is 440 g/mol. The van der Waals surface area contributed by atoms with Gasteiger partial charge in [0.05, 0.1) is 29.7 Å². The van der Waals surface area contributed by atoms with Gasteiger partial charge in [-0.15, -0.1) is 13.2 Å². The lowest BCUT2D eigenvalue weighted by molar-refractivity contribution is -0.212. The van der Waals surface area contributed by atoms with E-state index in [0.29, 0.717) is 34.9 Å². The minimum absolute atomic E-state index is 0.0274. The van der Waals surface area contributed by atoms with Crippen LogP contribution < -0.4 is 10.1 Å². The molecule has 2 heterocycles. The number of hydrogen-bond acceptors (Lipinski definition) is 4. The number of benzene rings is 1. The molecule has 1 amide bonds. The van der Waals surface area contributed by atoms with E-state index in [1.807, 2.05) is 6.92 Å². The highest BCUT2D eigenvalue weighted by Crippen LogP contribution is 2.62. The maximum absolute atomic E-state index is 13.7. The van der Waals surface area contributed by atoms with Gasteiger partial charge in [0.1, 0.15) is 11.6 Å². The molecular formula is C23H22F4N4O2. The van der Waals surface area contributed by atoms with Gasteiger partial charge in [-0.05, 0) is 61.3 Å². The molecule has 2 aliphatic carbocycles. The average Bonchev–Trinajstić information content (AvgIpc) is 3.11. The van der Waals surface area contributed by atoms with Crippen LogP contribution in [0.2, 0.25) is 0 Å². The van der Waals surface area contributed by atoms with Crippen molar-refractivity contribution in [1.82, 2.24) is 14.8 Å². The van der Waals surface area contributed by atoms with Crippen LogP contribution in [0.25, 0.3) is 10.9 Å². The number of rotatable bonds is 6.